The molecule has 2 aromatic heterocycles. The van der Waals surface area contributed by atoms with E-state index in [1.54, 1.807) is 36.1 Å². The van der Waals surface area contributed by atoms with Gasteiger partial charge in [0, 0.05) is 18.8 Å². The number of carbonyl (C=O) groups is 1. The zero-order valence-corrected chi connectivity index (χ0v) is 15.2. The van der Waals surface area contributed by atoms with Crippen LogP contribution < -0.4 is 9.47 Å². The Kier molecular flexibility index (Phi) is 4.50. The lowest BCUT2D eigenvalue weighted by Gasteiger charge is -2.38. The molecule has 3 aromatic rings. The molecule has 1 fully saturated rings. The van der Waals surface area contributed by atoms with Crippen LogP contribution in [0.1, 0.15) is 10.5 Å². The molecule has 0 spiro atoms. The summed E-state index contributed by atoms with van der Waals surface area (Å²) in [5.74, 6) is 1.42. The molecule has 0 N–H and O–H groups in total. The summed E-state index contributed by atoms with van der Waals surface area (Å²) in [5, 5.41) is 4.48. The van der Waals surface area contributed by atoms with Crippen LogP contribution in [0.3, 0.4) is 0 Å². The van der Waals surface area contributed by atoms with Crippen molar-refractivity contribution in [3.05, 3.63) is 60.6 Å². The van der Waals surface area contributed by atoms with Crippen molar-refractivity contribution in [2.75, 3.05) is 20.2 Å². The van der Waals surface area contributed by atoms with E-state index >= 15 is 0 Å². The maximum Gasteiger partial charge on any atom is 0.272 e. The molecule has 0 saturated carbocycles. The zero-order valence-electron chi connectivity index (χ0n) is 15.2. The van der Waals surface area contributed by atoms with Gasteiger partial charge < -0.3 is 14.4 Å². The van der Waals surface area contributed by atoms with Crippen LogP contribution in [0.4, 0.5) is 0 Å². The molecule has 1 saturated heterocycles. The topological polar surface area (TPSA) is 69.5 Å². The fourth-order valence-electron chi connectivity index (χ4n) is 3.04. The van der Waals surface area contributed by atoms with Crippen LogP contribution in [-0.2, 0) is 7.05 Å². The maximum atomic E-state index is 12.8. The number of hydrogen-bond donors (Lipinski definition) is 0. The first kappa shape index (κ1) is 17.1. The molecule has 3 heterocycles. The number of aromatic nitrogens is 3. The summed E-state index contributed by atoms with van der Waals surface area (Å²) in [5.41, 5.74) is 2.20. The third-order valence-electron chi connectivity index (χ3n) is 4.54. The van der Waals surface area contributed by atoms with E-state index < -0.39 is 0 Å². The van der Waals surface area contributed by atoms with Gasteiger partial charge in [-0.25, -0.2) is 0 Å². The highest BCUT2D eigenvalue weighted by Crippen LogP contribution is 2.25. The van der Waals surface area contributed by atoms with Crippen LogP contribution in [-0.4, -0.2) is 51.9 Å². The van der Waals surface area contributed by atoms with Gasteiger partial charge in [-0.15, -0.1) is 0 Å². The molecule has 0 atom stereocenters. The monoisotopic (exact) mass is 364 g/mol. The van der Waals surface area contributed by atoms with Crippen LogP contribution in [0.2, 0.25) is 0 Å². The summed E-state index contributed by atoms with van der Waals surface area (Å²) in [6, 6.07) is 13.1. The van der Waals surface area contributed by atoms with Gasteiger partial charge in [-0.1, -0.05) is 12.1 Å². The minimum atomic E-state index is -0.0508. The molecule has 0 radical (unpaired) electrons. The first-order valence-electron chi connectivity index (χ1n) is 8.68. The molecule has 7 heteroatoms. The summed E-state index contributed by atoms with van der Waals surface area (Å²) >= 11 is 0. The van der Waals surface area contributed by atoms with Crippen LogP contribution in [0.25, 0.3) is 11.3 Å². The lowest BCUT2D eigenvalue weighted by Crippen LogP contribution is -2.56. The highest BCUT2D eigenvalue weighted by atomic mass is 16.5. The van der Waals surface area contributed by atoms with Crippen molar-refractivity contribution < 1.29 is 14.3 Å². The van der Waals surface area contributed by atoms with Crippen molar-refractivity contribution in [2.24, 2.45) is 7.05 Å². The molecule has 138 valence electrons. The minimum Gasteiger partial charge on any atom is -0.497 e. The summed E-state index contributed by atoms with van der Waals surface area (Å²) in [6.07, 6.45) is 3.36. The molecule has 4 rings (SSSR count). The van der Waals surface area contributed by atoms with Crippen molar-refractivity contribution in [2.45, 2.75) is 6.10 Å². The quantitative estimate of drug-likeness (QED) is 0.695. The Morgan fingerprint density at radius 3 is 2.70 bits per heavy atom. The number of hydrogen-bond acceptors (Lipinski definition) is 5. The Labute approximate surface area is 157 Å². The number of amides is 1. The molecular formula is C20H20N4O3. The first-order chi connectivity index (χ1) is 13.1. The van der Waals surface area contributed by atoms with Gasteiger partial charge in [-0.2, -0.15) is 5.10 Å². The molecule has 0 unspecified atom stereocenters. The Morgan fingerprint density at radius 2 is 1.96 bits per heavy atom. The fourth-order valence-corrected chi connectivity index (χ4v) is 3.04. The van der Waals surface area contributed by atoms with Gasteiger partial charge >= 0.3 is 0 Å². The second-order valence-corrected chi connectivity index (χ2v) is 6.41. The van der Waals surface area contributed by atoms with Gasteiger partial charge in [0.1, 0.15) is 23.3 Å². The second-order valence-electron chi connectivity index (χ2n) is 6.41. The van der Waals surface area contributed by atoms with E-state index in [9.17, 15) is 4.79 Å². The number of carbonyl (C=O) groups excluding carboxylic acids is 1. The van der Waals surface area contributed by atoms with Crippen LogP contribution >= 0.6 is 0 Å². The molecule has 0 bridgehead atoms. The smallest absolute Gasteiger partial charge is 0.272 e. The average molecular weight is 364 g/mol. The first-order valence-corrected chi connectivity index (χ1v) is 8.68. The summed E-state index contributed by atoms with van der Waals surface area (Å²) in [4.78, 5) is 18.6. The van der Waals surface area contributed by atoms with Crippen molar-refractivity contribution in [1.82, 2.24) is 19.7 Å². The Balaban J connectivity index is 1.43. The molecule has 0 aliphatic carbocycles. The van der Waals surface area contributed by atoms with Crippen molar-refractivity contribution in [1.29, 1.82) is 0 Å². The summed E-state index contributed by atoms with van der Waals surface area (Å²) in [7, 11) is 3.40. The average Bonchev–Trinajstić information content (AvgIpc) is 3.06. The van der Waals surface area contributed by atoms with E-state index in [1.165, 1.54) is 0 Å². The van der Waals surface area contributed by atoms with Crippen LogP contribution in [0.5, 0.6) is 11.5 Å². The number of ether oxygens (including phenoxy) is 2. The van der Waals surface area contributed by atoms with Gasteiger partial charge in [0.05, 0.1) is 32.1 Å². The maximum absolute atomic E-state index is 12.8. The number of pyridine rings is 1. The molecule has 27 heavy (non-hydrogen) atoms. The van der Waals surface area contributed by atoms with E-state index in [4.69, 9.17) is 9.47 Å². The summed E-state index contributed by atoms with van der Waals surface area (Å²) < 4.78 is 12.7. The van der Waals surface area contributed by atoms with Crippen LogP contribution in [0.15, 0.2) is 54.9 Å². The van der Waals surface area contributed by atoms with E-state index in [0.29, 0.717) is 18.8 Å². The molecule has 1 aliphatic heterocycles. The highest BCUT2D eigenvalue weighted by Gasteiger charge is 2.34. The minimum absolute atomic E-state index is 0.00997. The van der Waals surface area contributed by atoms with Gasteiger partial charge in [0.15, 0.2) is 0 Å². The molecular weight excluding hydrogens is 344 g/mol. The van der Waals surface area contributed by atoms with E-state index in [-0.39, 0.29) is 12.0 Å². The third-order valence-corrected chi connectivity index (χ3v) is 4.54. The number of aryl methyl sites for hydroxylation is 1. The lowest BCUT2D eigenvalue weighted by atomic mass is 10.1. The third kappa shape index (κ3) is 3.48. The lowest BCUT2D eigenvalue weighted by molar-refractivity contribution is 0.0168. The molecule has 7 nitrogen and oxygen atoms in total. The second kappa shape index (κ2) is 7.11. The molecule has 1 aliphatic rings. The zero-order chi connectivity index (χ0) is 18.8. The number of likely N-dealkylation sites (tertiary alicyclic amines) is 1. The number of nitrogens with zero attached hydrogens (tertiary/aromatic N) is 4. The van der Waals surface area contributed by atoms with Crippen molar-refractivity contribution in [3.8, 4) is 22.8 Å². The van der Waals surface area contributed by atoms with E-state index in [0.717, 1.165) is 22.8 Å². The van der Waals surface area contributed by atoms with Gasteiger partial charge in [0.25, 0.3) is 5.91 Å². The van der Waals surface area contributed by atoms with Gasteiger partial charge in [-0.05, 0) is 30.3 Å². The standard InChI is InChI=1S/C20H20N4O3/c1-23-19(10-18(22-23)14-5-3-6-15(9-14)26-2)20(25)24-12-17(13-24)27-16-7-4-8-21-11-16/h3-11,17H,12-13H2,1-2H3. The predicted octanol–water partition coefficient (Wildman–Crippen LogP) is 2.39. The highest BCUT2D eigenvalue weighted by molar-refractivity contribution is 5.94. The normalized spacial score (nSPS) is 13.9. The fraction of sp³-hybridized carbons (Fsp3) is 0.250. The number of benzene rings is 1. The molecule has 1 aromatic carbocycles. The Morgan fingerprint density at radius 1 is 1.15 bits per heavy atom. The van der Waals surface area contributed by atoms with E-state index in [1.807, 2.05) is 42.5 Å². The van der Waals surface area contributed by atoms with Gasteiger partial charge in [-0.3, -0.25) is 14.5 Å². The Hall–Kier alpha value is -3.35. The summed E-state index contributed by atoms with van der Waals surface area (Å²) in [6.45, 7) is 1.10. The number of rotatable bonds is 5. The van der Waals surface area contributed by atoms with Crippen molar-refractivity contribution >= 4 is 5.91 Å². The number of methoxy groups -OCH3 is 1. The van der Waals surface area contributed by atoms with Gasteiger partial charge in [0.2, 0.25) is 0 Å². The van der Waals surface area contributed by atoms with E-state index in [2.05, 4.69) is 10.1 Å². The molecule has 1 amide bonds. The predicted molar refractivity (Wildman–Crippen MR) is 99.8 cm³/mol. The van der Waals surface area contributed by atoms with Crippen molar-refractivity contribution in [3.63, 3.8) is 0 Å². The SMILES string of the molecule is COc1cccc(-c2cc(C(=O)N3CC(Oc4cccnc4)C3)n(C)n2)c1. The Bertz CT molecular complexity index is 949. The van der Waals surface area contributed by atoms with Crippen LogP contribution in [0, 0.1) is 0 Å². The largest absolute Gasteiger partial charge is 0.497 e.